The van der Waals surface area contributed by atoms with Crippen molar-refractivity contribution in [2.24, 2.45) is 0 Å². The number of benzene rings is 2. The number of hydrogen-bond donors (Lipinski definition) is 0. The molecular weight excluding hydrogens is 526 g/mol. The van der Waals surface area contributed by atoms with E-state index in [0.29, 0.717) is 5.56 Å². The highest BCUT2D eigenvalue weighted by atomic mass is 35.5. The Balaban J connectivity index is 1.90. The lowest BCUT2D eigenvalue weighted by molar-refractivity contribution is 0.0235. The molecule has 1 aliphatic heterocycles. The van der Waals surface area contributed by atoms with Crippen LogP contribution >= 0.6 is 46.4 Å². The number of anilines is 1. The molecule has 2 aromatic carbocycles. The molecular formula is C27H22Cl4N2O2. The highest BCUT2D eigenvalue weighted by molar-refractivity contribution is 6.53. The highest BCUT2D eigenvalue weighted by Gasteiger charge is 2.54. The van der Waals surface area contributed by atoms with Gasteiger partial charge in [-0.2, -0.15) is 0 Å². The van der Waals surface area contributed by atoms with Crippen molar-refractivity contribution in [1.82, 2.24) is 4.40 Å². The number of nitrogens with zero attached hydrogens (tertiary/aromatic N) is 2. The van der Waals surface area contributed by atoms with Gasteiger partial charge in [0.25, 0.3) is 0 Å². The molecule has 8 heteroatoms. The Morgan fingerprint density at radius 3 is 2.23 bits per heavy atom. The number of rotatable bonds is 5. The van der Waals surface area contributed by atoms with E-state index in [2.05, 4.69) is 18.7 Å². The highest BCUT2D eigenvalue weighted by Crippen LogP contribution is 2.56. The summed E-state index contributed by atoms with van der Waals surface area (Å²) >= 11 is 26.3. The first kappa shape index (κ1) is 24.3. The number of halogens is 4. The third-order valence-corrected chi connectivity index (χ3v) is 8.48. The van der Waals surface area contributed by atoms with Gasteiger partial charge in [-0.15, -0.1) is 0 Å². The van der Waals surface area contributed by atoms with Crippen molar-refractivity contribution in [3.8, 4) is 0 Å². The van der Waals surface area contributed by atoms with E-state index in [1.165, 1.54) is 0 Å². The van der Waals surface area contributed by atoms with E-state index in [1.54, 1.807) is 0 Å². The zero-order chi connectivity index (χ0) is 25.1. The van der Waals surface area contributed by atoms with Gasteiger partial charge in [-0.3, -0.25) is 0 Å². The van der Waals surface area contributed by atoms with E-state index in [4.69, 9.17) is 51.1 Å². The van der Waals surface area contributed by atoms with E-state index < -0.39 is 11.6 Å². The van der Waals surface area contributed by atoms with E-state index in [1.807, 2.05) is 66.1 Å². The maximum atomic E-state index is 13.4. The summed E-state index contributed by atoms with van der Waals surface area (Å²) in [5.74, 6) is -0.608. The van der Waals surface area contributed by atoms with Crippen LogP contribution in [0.4, 0.5) is 5.69 Å². The van der Waals surface area contributed by atoms with Crippen LogP contribution in [0.15, 0.2) is 54.7 Å². The molecule has 0 radical (unpaired) electrons. The summed E-state index contributed by atoms with van der Waals surface area (Å²) in [6, 6.07) is 15.9. The molecule has 180 valence electrons. The van der Waals surface area contributed by atoms with Crippen LogP contribution < -0.4 is 4.90 Å². The Labute approximate surface area is 223 Å². The Hall–Kier alpha value is -2.37. The third-order valence-electron chi connectivity index (χ3n) is 6.68. The lowest BCUT2D eigenvalue weighted by Gasteiger charge is -2.32. The Kier molecular flexibility index (Phi) is 6.21. The summed E-state index contributed by atoms with van der Waals surface area (Å²) in [6.45, 7) is 7.94. The first-order valence-corrected chi connectivity index (χ1v) is 12.8. The van der Waals surface area contributed by atoms with Gasteiger partial charge >= 0.3 is 5.97 Å². The van der Waals surface area contributed by atoms with E-state index >= 15 is 0 Å². The van der Waals surface area contributed by atoms with Crippen LogP contribution in [0.25, 0.3) is 5.52 Å². The molecule has 0 saturated carbocycles. The molecule has 3 heterocycles. The first-order valence-electron chi connectivity index (χ1n) is 11.3. The Morgan fingerprint density at radius 1 is 0.914 bits per heavy atom. The van der Waals surface area contributed by atoms with Gasteiger partial charge in [0.1, 0.15) is 0 Å². The summed E-state index contributed by atoms with van der Waals surface area (Å²) in [5.41, 5.74) is 3.54. The molecule has 1 unspecified atom stereocenters. The maximum absolute atomic E-state index is 13.4. The Morgan fingerprint density at radius 2 is 1.57 bits per heavy atom. The van der Waals surface area contributed by atoms with Gasteiger partial charge in [-0.05, 0) is 56.7 Å². The minimum atomic E-state index is -1.39. The van der Waals surface area contributed by atoms with Gasteiger partial charge in [0.05, 0.1) is 31.3 Å². The molecule has 1 atom stereocenters. The van der Waals surface area contributed by atoms with Crippen LogP contribution in [0.5, 0.6) is 0 Å². The van der Waals surface area contributed by atoms with Gasteiger partial charge in [-0.25, -0.2) is 4.79 Å². The molecule has 4 nitrogen and oxygen atoms in total. The fraction of sp³-hybridized carbons (Fsp3) is 0.222. The number of esters is 1. The van der Waals surface area contributed by atoms with E-state index in [0.717, 1.165) is 41.1 Å². The fourth-order valence-electron chi connectivity index (χ4n) is 5.10. The second kappa shape index (κ2) is 8.94. The molecule has 0 spiro atoms. The number of carbonyl (C=O) groups is 1. The van der Waals surface area contributed by atoms with Gasteiger partial charge in [-0.1, -0.05) is 64.6 Å². The Bertz CT molecular complexity index is 1480. The second-order valence-electron chi connectivity index (χ2n) is 8.47. The summed E-state index contributed by atoms with van der Waals surface area (Å²) < 4.78 is 8.31. The molecule has 2 aromatic heterocycles. The smallest absolute Gasteiger partial charge is 0.341 e. The zero-order valence-electron chi connectivity index (χ0n) is 19.3. The molecule has 0 saturated heterocycles. The van der Waals surface area contributed by atoms with Gasteiger partial charge in [0.15, 0.2) is 0 Å². The molecule has 1 aliphatic rings. The minimum Gasteiger partial charge on any atom is -0.439 e. The van der Waals surface area contributed by atoms with Crippen molar-refractivity contribution in [3.05, 3.63) is 103 Å². The van der Waals surface area contributed by atoms with Crippen LogP contribution in [0.1, 0.15) is 46.6 Å². The topological polar surface area (TPSA) is 34.0 Å². The monoisotopic (exact) mass is 546 g/mol. The number of fused-ring (bicyclic) bond motifs is 2. The predicted octanol–water partition coefficient (Wildman–Crippen LogP) is 8.17. The van der Waals surface area contributed by atoms with Crippen molar-refractivity contribution >= 4 is 63.6 Å². The lowest BCUT2D eigenvalue weighted by Crippen LogP contribution is -2.32. The van der Waals surface area contributed by atoms with Gasteiger partial charge in [0, 0.05) is 41.6 Å². The SMILES string of the molecule is CCN(CC)c1ccc(C2(c3c(C)cc4ccccn34)OC(=O)c3c(Cl)c(Cl)c(Cl)c(Cl)c32)cc1. The summed E-state index contributed by atoms with van der Waals surface area (Å²) in [6.07, 6.45) is 1.93. The van der Waals surface area contributed by atoms with Crippen LogP contribution in [0.2, 0.25) is 20.1 Å². The van der Waals surface area contributed by atoms with Gasteiger partial charge in [0.2, 0.25) is 5.60 Å². The maximum Gasteiger partial charge on any atom is 0.341 e. The molecule has 35 heavy (non-hydrogen) atoms. The average Bonchev–Trinajstić information content (AvgIpc) is 3.36. The molecule has 0 amide bonds. The predicted molar refractivity (Wildman–Crippen MR) is 144 cm³/mol. The zero-order valence-corrected chi connectivity index (χ0v) is 22.4. The molecule has 0 bridgehead atoms. The van der Waals surface area contributed by atoms with Crippen LogP contribution in [-0.2, 0) is 10.3 Å². The number of ether oxygens (including phenoxy) is 1. The second-order valence-corrected chi connectivity index (χ2v) is 9.98. The molecule has 4 aromatic rings. The molecule has 0 aliphatic carbocycles. The third kappa shape index (κ3) is 3.46. The molecule has 0 N–H and O–H groups in total. The quantitative estimate of drug-likeness (QED) is 0.143. The van der Waals surface area contributed by atoms with Crippen LogP contribution in [0.3, 0.4) is 0 Å². The summed E-state index contributed by atoms with van der Waals surface area (Å²) in [4.78, 5) is 15.7. The van der Waals surface area contributed by atoms with Crippen molar-refractivity contribution < 1.29 is 9.53 Å². The van der Waals surface area contributed by atoms with Crippen LogP contribution in [-0.4, -0.2) is 23.5 Å². The average molecular weight is 548 g/mol. The number of carbonyl (C=O) groups excluding carboxylic acids is 1. The van der Waals surface area contributed by atoms with Gasteiger partial charge < -0.3 is 14.0 Å². The van der Waals surface area contributed by atoms with Crippen molar-refractivity contribution in [2.45, 2.75) is 26.4 Å². The summed E-state index contributed by atoms with van der Waals surface area (Å²) in [7, 11) is 0. The molecule has 5 rings (SSSR count). The fourth-order valence-corrected chi connectivity index (χ4v) is 6.17. The van der Waals surface area contributed by atoms with Crippen molar-refractivity contribution in [2.75, 3.05) is 18.0 Å². The molecule has 0 fully saturated rings. The van der Waals surface area contributed by atoms with Crippen LogP contribution in [0, 0.1) is 6.92 Å². The minimum absolute atomic E-state index is 0.0263. The first-order chi connectivity index (χ1) is 16.8. The number of aromatic nitrogens is 1. The van der Waals surface area contributed by atoms with E-state index in [-0.39, 0.29) is 25.7 Å². The number of aryl methyl sites for hydroxylation is 1. The lowest BCUT2D eigenvalue weighted by atomic mass is 9.81. The normalized spacial score (nSPS) is 17.1. The standard InChI is InChI=1S/C27H22Cl4N2O2/c1-4-32(5-2)17-11-9-16(10-12-17)27(25-15(3)14-18-8-6-7-13-33(18)25)20-19(26(34)35-27)21(28)23(30)24(31)22(20)29/h6-14H,4-5H2,1-3H3. The summed E-state index contributed by atoms with van der Waals surface area (Å²) in [5, 5.41) is 0.276. The number of cyclic esters (lactones) is 1. The number of hydrogen-bond acceptors (Lipinski definition) is 3. The number of pyridine rings is 1. The van der Waals surface area contributed by atoms with Crippen molar-refractivity contribution in [3.63, 3.8) is 0 Å². The largest absolute Gasteiger partial charge is 0.439 e. The van der Waals surface area contributed by atoms with Crippen molar-refractivity contribution in [1.29, 1.82) is 0 Å². The van der Waals surface area contributed by atoms with E-state index in [9.17, 15) is 4.79 Å².